The van der Waals surface area contributed by atoms with E-state index in [0.717, 1.165) is 19.4 Å². The maximum atomic E-state index is 11.9. The summed E-state index contributed by atoms with van der Waals surface area (Å²) in [6, 6.07) is 0. The van der Waals surface area contributed by atoms with Crippen LogP contribution >= 0.6 is 0 Å². The zero-order chi connectivity index (χ0) is 14.6. The van der Waals surface area contributed by atoms with Crippen LogP contribution in [0.4, 0.5) is 0 Å². The Bertz CT molecular complexity index is 362. The largest absolute Gasteiger partial charge is 0.312 e. The van der Waals surface area contributed by atoms with E-state index in [1.54, 1.807) is 0 Å². The smallest absolute Gasteiger partial charge is 0.150 e. The number of hydrogen-bond acceptors (Lipinski definition) is 3. The number of sulfone groups is 1. The fourth-order valence-corrected chi connectivity index (χ4v) is 4.45. The van der Waals surface area contributed by atoms with Crippen LogP contribution in [0.5, 0.6) is 0 Å². The van der Waals surface area contributed by atoms with Crippen LogP contribution in [0, 0.1) is 5.41 Å². The summed E-state index contributed by atoms with van der Waals surface area (Å²) in [7, 11) is -2.84. The van der Waals surface area contributed by atoms with Crippen molar-refractivity contribution in [3.63, 3.8) is 0 Å². The van der Waals surface area contributed by atoms with Crippen molar-refractivity contribution in [3.05, 3.63) is 0 Å². The molecule has 0 aromatic rings. The van der Waals surface area contributed by atoms with Gasteiger partial charge in [0.1, 0.15) is 9.84 Å². The summed E-state index contributed by atoms with van der Waals surface area (Å²) >= 11 is 0. The molecule has 0 aromatic heterocycles. The van der Waals surface area contributed by atoms with E-state index in [2.05, 4.69) is 26.1 Å². The summed E-state index contributed by atoms with van der Waals surface area (Å²) in [6.07, 6.45) is 6.42. The second-order valence-electron chi connectivity index (χ2n) is 7.21. The lowest BCUT2D eigenvalue weighted by Crippen LogP contribution is -2.43. The minimum absolute atomic E-state index is 0.109. The van der Waals surface area contributed by atoms with E-state index in [9.17, 15) is 8.42 Å². The summed E-state index contributed by atoms with van der Waals surface area (Å²) < 4.78 is 23.8. The Morgan fingerprint density at radius 3 is 2.16 bits per heavy atom. The molecule has 0 unspecified atom stereocenters. The Balaban J connectivity index is 2.57. The average Bonchev–Trinajstić information content (AvgIpc) is 2.73. The second kappa shape index (κ2) is 6.57. The Morgan fingerprint density at radius 2 is 1.68 bits per heavy atom. The van der Waals surface area contributed by atoms with Gasteiger partial charge in [-0.25, -0.2) is 8.42 Å². The Hall–Kier alpha value is -0.0900. The van der Waals surface area contributed by atoms with Gasteiger partial charge in [-0.3, -0.25) is 0 Å². The quantitative estimate of drug-likeness (QED) is 0.783. The number of hydrogen-bond donors (Lipinski definition) is 1. The normalized spacial score (nSPS) is 19.8. The van der Waals surface area contributed by atoms with Crippen LogP contribution in [0.25, 0.3) is 0 Å². The van der Waals surface area contributed by atoms with Gasteiger partial charge in [0.2, 0.25) is 0 Å². The number of nitrogens with one attached hydrogen (secondary N) is 1. The molecule has 0 heterocycles. The third-order valence-corrected chi connectivity index (χ3v) is 5.97. The Morgan fingerprint density at radius 1 is 1.11 bits per heavy atom. The molecule has 1 rings (SSSR count). The molecular weight excluding hydrogens is 258 g/mol. The molecule has 0 saturated heterocycles. The molecular formula is C15H31NO2S. The molecule has 3 nitrogen and oxygen atoms in total. The Labute approximate surface area is 119 Å². The fourth-order valence-electron chi connectivity index (χ4n) is 2.88. The highest BCUT2D eigenvalue weighted by Crippen LogP contribution is 2.41. The van der Waals surface area contributed by atoms with Crippen LogP contribution in [0.2, 0.25) is 0 Å². The first-order chi connectivity index (χ1) is 8.68. The molecule has 1 saturated carbocycles. The van der Waals surface area contributed by atoms with Crippen molar-refractivity contribution >= 4 is 9.84 Å². The number of rotatable bonds is 7. The van der Waals surface area contributed by atoms with E-state index in [1.807, 2.05) is 6.92 Å². The minimum Gasteiger partial charge on any atom is -0.312 e. The molecule has 1 aliphatic rings. The van der Waals surface area contributed by atoms with Crippen LogP contribution in [0.15, 0.2) is 0 Å². The van der Waals surface area contributed by atoms with Crippen molar-refractivity contribution in [1.82, 2.24) is 5.32 Å². The lowest BCUT2D eigenvalue weighted by Gasteiger charge is -2.33. The van der Waals surface area contributed by atoms with E-state index in [0.29, 0.717) is 11.5 Å². The molecule has 1 fully saturated rings. The van der Waals surface area contributed by atoms with E-state index in [4.69, 9.17) is 0 Å². The van der Waals surface area contributed by atoms with Gasteiger partial charge in [-0.15, -0.1) is 0 Å². The maximum Gasteiger partial charge on any atom is 0.150 e. The first kappa shape index (κ1) is 17.0. The molecule has 0 amide bonds. The molecule has 1 N–H and O–H groups in total. The molecule has 1 aliphatic carbocycles. The standard InChI is InChI=1S/C15H31NO2S/c1-5-11-19(17,18)12-10-15(8-6-7-9-15)13-16-14(2,3)4/h16H,5-13H2,1-4H3. The monoisotopic (exact) mass is 289 g/mol. The van der Waals surface area contributed by atoms with Crippen molar-refractivity contribution in [1.29, 1.82) is 0 Å². The van der Waals surface area contributed by atoms with Gasteiger partial charge in [-0.05, 0) is 51.9 Å². The summed E-state index contributed by atoms with van der Waals surface area (Å²) in [5.74, 6) is 0.711. The minimum atomic E-state index is -2.84. The van der Waals surface area contributed by atoms with Crippen molar-refractivity contribution in [2.45, 2.75) is 71.8 Å². The SMILES string of the molecule is CCCS(=O)(=O)CCC1(CNC(C)(C)C)CCCC1. The molecule has 19 heavy (non-hydrogen) atoms. The highest BCUT2D eigenvalue weighted by Gasteiger charge is 2.35. The van der Waals surface area contributed by atoms with Crippen LogP contribution in [-0.4, -0.2) is 32.0 Å². The van der Waals surface area contributed by atoms with Gasteiger partial charge in [0.05, 0.1) is 5.75 Å². The topological polar surface area (TPSA) is 46.2 Å². The highest BCUT2D eigenvalue weighted by atomic mass is 32.2. The fraction of sp³-hybridized carbons (Fsp3) is 1.00. The second-order valence-corrected chi connectivity index (χ2v) is 9.52. The molecule has 4 heteroatoms. The van der Waals surface area contributed by atoms with Gasteiger partial charge in [0.25, 0.3) is 0 Å². The van der Waals surface area contributed by atoms with E-state index in [1.165, 1.54) is 25.7 Å². The lowest BCUT2D eigenvalue weighted by molar-refractivity contribution is 0.239. The predicted octanol–water partition coefficient (Wildman–Crippen LogP) is 3.15. The van der Waals surface area contributed by atoms with Gasteiger partial charge in [-0.2, -0.15) is 0 Å². The maximum absolute atomic E-state index is 11.9. The van der Waals surface area contributed by atoms with Gasteiger partial charge >= 0.3 is 0 Å². The van der Waals surface area contributed by atoms with Gasteiger partial charge in [0.15, 0.2) is 0 Å². The highest BCUT2D eigenvalue weighted by molar-refractivity contribution is 7.91. The van der Waals surface area contributed by atoms with Crippen LogP contribution in [0.3, 0.4) is 0 Å². The van der Waals surface area contributed by atoms with Crippen LogP contribution in [0.1, 0.15) is 66.2 Å². The third-order valence-electron chi connectivity index (χ3n) is 4.12. The first-order valence-electron chi connectivity index (χ1n) is 7.64. The van der Waals surface area contributed by atoms with Gasteiger partial charge in [0, 0.05) is 17.8 Å². The summed E-state index contributed by atoms with van der Waals surface area (Å²) in [6.45, 7) is 9.40. The summed E-state index contributed by atoms with van der Waals surface area (Å²) in [4.78, 5) is 0. The van der Waals surface area contributed by atoms with E-state index in [-0.39, 0.29) is 11.0 Å². The summed E-state index contributed by atoms with van der Waals surface area (Å²) in [5, 5.41) is 3.58. The zero-order valence-corrected chi connectivity index (χ0v) is 13.9. The molecule has 114 valence electrons. The van der Waals surface area contributed by atoms with Gasteiger partial charge in [-0.1, -0.05) is 19.8 Å². The molecule has 0 spiro atoms. The van der Waals surface area contributed by atoms with Crippen LogP contribution in [-0.2, 0) is 9.84 Å². The zero-order valence-electron chi connectivity index (χ0n) is 13.1. The molecule has 0 radical (unpaired) electrons. The first-order valence-corrected chi connectivity index (χ1v) is 9.46. The van der Waals surface area contributed by atoms with Crippen molar-refractivity contribution in [2.24, 2.45) is 5.41 Å². The molecule has 0 aliphatic heterocycles. The predicted molar refractivity (Wildman–Crippen MR) is 82.2 cm³/mol. The van der Waals surface area contributed by atoms with Crippen LogP contribution < -0.4 is 5.32 Å². The van der Waals surface area contributed by atoms with Crippen molar-refractivity contribution < 1.29 is 8.42 Å². The summed E-state index contributed by atoms with van der Waals surface area (Å²) in [5.41, 5.74) is 0.325. The lowest BCUT2D eigenvalue weighted by atomic mass is 9.82. The van der Waals surface area contributed by atoms with Crippen molar-refractivity contribution in [3.8, 4) is 0 Å². The molecule has 0 atom stereocenters. The Kier molecular flexibility index (Phi) is 5.87. The van der Waals surface area contributed by atoms with E-state index >= 15 is 0 Å². The van der Waals surface area contributed by atoms with E-state index < -0.39 is 9.84 Å². The van der Waals surface area contributed by atoms with Gasteiger partial charge < -0.3 is 5.32 Å². The average molecular weight is 289 g/mol. The van der Waals surface area contributed by atoms with Crippen molar-refractivity contribution in [2.75, 3.05) is 18.1 Å². The molecule has 0 bridgehead atoms. The third kappa shape index (κ3) is 6.26. The molecule has 0 aromatic carbocycles.